The van der Waals surface area contributed by atoms with E-state index in [0.717, 1.165) is 20.9 Å². The molecule has 0 saturated heterocycles. The van der Waals surface area contributed by atoms with Gasteiger partial charge in [0.25, 0.3) is 0 Å². The Morgan fingerprint density at radius 1 is 1.47 bits per heavy atom. The molecule has 4 heteroatoms. The molecule has 3 nitrogen and oxygen atoms in total. The number of hydrogen-bond donors (Lipinski definition) is 1. The molecule has 1 aromatic heterocycles. The van der Waals surface area contributed by atoms with Crippen LogP contribution in [0, 0.1) is 6.92 Å². The molecule has 0 aliphatic heterocycles. The summed E-state index contributed by atoms with van der Waals surface area (Å²) in [5.41, 5.74) is 2.09. The number of carboxylic acid groups (broad SMARTS) is 1. The third-order valence-electron chi connectivity index (χ3n) is 2.62. The minimum absolute atomic E-state index is 0.350. The summed E-state index contributed by atoms with van der Waals surface area (Å²) in [5, 5.41) is 10.1. The number of carboxylic acids is 1. The zero-order valence-electron chi connectivity index (χ0n) is 8.41. The predicted molar refractivity (Wildman–Crippen MR) is 62.3 cm³/mol. The van der Waals surface area contributed by atoms with Crippen molar-refractivity contribution >= 4 is 32.8 Å². The topological polar surface area (TPSA) is 42.2 Å². The Kier molecular flexibility index (Phi) is 2.31. The van der Waals surface area contributed by atoms with Crippen LogP contribution < -0.4 is 0 Å². The van der Waals surface area contributed by atoms with Crippen molar-refractivity contribution in [3.63, 3.8) is 0 Å². The Labute approximate surface area is 95.5 Å². The number of nitrogens with zero attached hydrogens (tertiary/aromatic N) is 1. The van der Waals surface area contributed by atoms with Crippen LogP contribution in [0.4, 0.5) is 0 Å². The van der Waals surface area contributed by atoms with Gasteiger partial charge in [-0.2, -0.15) is 0 Å². The molecule has 2 rings (SSSR count). The third-order valence-corrected chi connectivity index (χ3v) is 3.11. The van der Waals surface area contributed by atoms with E-state index in [-0.39, 0.29) is 0 Å². The van der Waals surface area contributed by atoms with E-state index >= 15 is 0 Å². The molecule has 0 bridgehead atoms. The average Bonchev–Trinajstić information content (AvgIpc) is 2.39. The summed E-state index contributed by atoms with van der Waals surface area (Å²) in [4.78, 5) is 11.1. The van der Waals surface area contributed by atoms with E-state index < -0.39 is 5.97 Å². The number of aryl methyl sites for hydroxylation is 2. The first-order valence-electron chi connectivity index (χ1n) is 4.50. The summed E-state index contributed by atoms with van der Waals surface area (Å²) in [6.07, 6.45) is 0. The number of carbonyl (C=O) groups is 1. The van der Waals surface area contributed by atoms with Gasteiger partial charge in [0, 0.05) is 22.4 Å². The molecule has 1 N–H and O–H groups in total. The first-order valence-corrected chi connectivity index (χ1v) is 5.29. The van der Waals surface area contributed by atoms with Crippen LogP contribution in [0.15, 0.2) is 22.7 Å². The minimum atomic E-state index is -0.887. The summed E-state index contributed by atoms with van der Waals surface area (Å²) in [7, 11) is 1.77. The highest BCUT2D eigenvalue weighted by Gasteiger charge is 2.16. The van der Waals surface area contributed by atoms with E-state index in [1.54, 1.807) is 11.6 Å². The fraction of sp³-hybridized carbons (Fsp3) is 0.182. The van der Waals surface area contributed by atoms with E-state index in [1.807, 2.05) is 25.1 Å². The van der Waals surface area contributed by atoms with E-state index in [1.165, 1.54) is 0 Å². The lowest BCUT2D eigenvalue weighted by molar-refractivity contribution is 0.0686. The van der Waals surface area contributed by atoms with Crippen molar-refractivity contribution in [1.82, 2.24) is 4.57 Å². The van der Waals surface area contributed by atoms with Crippen molar-refractivity contribution in [2.45, 2.75) is 6.92 Å². The van der Waals surface area contributed by atoms with Gasteiger partial charge in [-0.05, 0) is 30.7 Å². The zero-order chi connectivity index (χ0) is 11.2. The van der Waals surface area contributed by atoms with Gasteiger partial charge in [-0.3, -0.25) is 0 Å². The fourth-order valence-corrected chi connectivity index (χ4v) is 2.27. The summed E-state index contributed by atoms with van der Waals surface area (Å²) >= 11 is 3.38. The number of aromatic carboxylic acids is 1. The number of rotatable bonds is 1. The molecule has 15 heavy (non-hydrogen) atoms. The molecule has 0 spiro atoms. The molecule has 78 valence electrons. The number of benzene rings is 1. The van der Waals surface area contributed by atoms with Gasteiger partial charge in [-0.1, -0.05) is 15.9 Å². The van der Waals surface area contributed by atoms with Crippen molar-refractivity contribution in [3.05, 3.63) is 33.9 Å². The fourth-order valence-electron chi connectivity index (χ4n) is 1.90. The molecule has 0 saturated carbocycles. The van der Waals surface area contributed by atoms with Gasteiger partial charge in [-0.25, -0.2) is 4.79 Å². The normalized spacial score (nSPS) is 10.9. The predicted octanol–water partition coefficient (Wildman–Crippen LogP) is 2.95. The second-order valence-corrected chi connectivity index (χ2v) is 4.41. The summed E-state index contributed by atoms with van der Waals surface area (Å²) in [6.45, 7) is 1.83. The smallest absolute Gasteiger partial charge is 0.352 e. The number of halogens is 1. The highest BCUT2D eigenvalue weighted by atomic mass is 79.9. The lowest BCUT2D eigenvalue weighted by atomic mass is 10.1. The minimum Gasteiger partial charge on any atom is -0.477 e. The molecule has 0 unspecified atom stereocenters. The maximum atomic E-state index is 11.1. The standard InChI is InChI=1S/C11H10BrNO2/c1-6-8-5-7(12)3-4-9(8)13(2)10(6)11(14)15/h3-5H,1-2H3,(H,14,15). The Morgan fingerprint density at radius 2 is 2.13 bits per heavy atom. The Bertz CT molecular complexity index is 557. The quantitative estimate of drug-likeness (QED) is 0.863. The van der Waals surface area contributed by atoms with Crippen molar-refractivity contribution in [1.29, 1.82) is 0 Å². The Morgan fingerprint density at radius 3 is 2.73 bits per heavy atom. The highest BCUT2D eigenvalue weighted by Crippen LogP contribution is 2.27. The molecule has 2 aromatic rings. The third kappa shape index (κ3) is 1.45. The van der Waals surface area contributed by atoms with Crippen LogP contribution in [-0.4, -0.2) is 15.6 Å². The maximum absolute atomic E-state index is 11.1. The van der Waals surface area contributed by atoms with Crippen molar-refractivity contribution in [3.8, 4) is 0 Å². The van der Waals surface area contributed by atoms with Crippen molar-refractivity contribution < 1.29 is 9.90 Å². The van der Waals surface area contributed by atoms with Crippen molar-refractivity contribution in [2.75, 3.05) is 0 Å². The van der Waals surface area contributed by atoms with Gasteiger partial charge in [0.1, 0.15) is 5.69 Å². The van der Waals surface area contributed by atoms with E-state index in [0.29, 0.717) is 5.69 Å². The van der Waals surface area contributed by atoms with Gasteiger partial charge in [0.05, 0.1) is 0 Å². The van der Waals surface area contributed by atoms with Crippen LogP contribution in [0.25, 0.3) is 10.9 Å². The first kappa shape index (κ1) is 10.2. The molecule has 0 aliphatic carbocycles. The number of fused-ring (bicyclic) bond motifs is 1. The Hall–Kier alpha value is -1.29. The first-order chi connectivity index (χ1) is 7.02. The molecule has 1 heterocycles. The molecule has 0 atom stereocenters. The lowest BCUT2D eigenvalue weighted by Crippen LogP contribution is -2.05. The van der Waals surface area contributed by atoms with E-state index in [2.05, 4.69) is 15.9 Å². The molecule has 0 fully saturated rings. The molecular formula is C11H10BrNO2. The summed E-state index contributed by atoms with van der Waals surface area (Å²) in [5.74, 6) is -0.887. The van der Waals surface area contributed by atoms with Crippen LogP contribution in [-0.2, 0) is 7.05 Å². The van der Waals surface area contributed by atoms with Crippen LogP contribution in [0.2, 0.25) is 0 Å². The average molecular weight is 268 g/mol. The molecule has 1 aromatic carbocycles. The second kappa shape index (κ2) is 3.38. The second-order valence-electron chi connectivity index (χ2n) is 3.50. The van der Waals surface area contributed by atoms with Crippen LogP contribution >= 0.6 is 15.9 Å². The van der Waals surface area contributed by atoms with Gasteiger partial charge in [0.2, 0.25) is 0 Å². The summed E-state index contributed by atoms with van der Waals surface area (Å²) in [6, 6.07) is 5.77. The monoisotopic (exact) mass is 267 g/mol. The van der Waals surface area contributed by atoms with Crippen LogP contribution in [0.5, 0.6) is 0 Å². The maximum Gasteiger partial charge on any atom is 0.352 e. The Balaban J connectivity index is 2.91. The highest BCUT2D eigenvalue weighted by molar-refractivity contribution is 9.10. The van der Waals surface area contributed by atoms with Gasteiger partial charge < -0.3 is 9.67 Å². The van der Waals surface area contributed by atoms with E-state index in [9.17, 15) is 4.79 Å². The van der Waals surface area contributed by atoms with Crippen LogP contribution in [0.1, 0.15) is 16.1 Å². The van der Waals surface area contributed by atoms with Gasteiger partial charge in [-0.15, -0.1) is 0 Å². The largest absolute Gasteiger partial charge is 0.477 e. The molecular weight excluding hydrogens is 258 g/mol. The van der Waals surface area contributed by atoms with Crippen LogP contribution in [0.3, 0.4) is 0 Å². The molecule has 0 radical (unpaired) electrons. The van der Waals surface area contributed by atoms with Crippen molar-refractivity contribution in [2.24, 2.45) is 7.05 Å². The lowest BCUT2D eigenvalue weighted by Gasteiger charge is -1.98. The number of aromatic nitrogens is 1. The molecule has 0 amide bonds. The number of hydrogen-bond acceptors (Lipinski definition) is 1. The SMILES string of the molecule is Cc1c(C(=O)O)n(C)c2ccc(Br)cc12. The van der Waals surface area contributed by atoms with E-state index in [4.69, 9.17) is 5.11 Å². The van der Waals surface area contributed by atoms with Gasteiger partial charge >= 0.3 is 5.97 Å². The zero-order valence-corrected chi connectivity index (χ0v) is 10.00. The molecule has 0 aliphatic rings. The van der Waals surface area contributed by atoms with Gasteiger partial charge in [0.15, 0.2) is 0 Å². The summed E-state index contributed by atoms with van der Waals surface area (Å²) < 4.78 is 2.67.